The lowest BCUT2D eigenvalue weighted by Crippen LogP contribution is -2.33. The van der Waals surface area contributed by atoms with Crippen molar-refractivity contribution in [2.75, 3.05) is 18.8 Å². The van der Waals surface area contributed by atoms with Crippen LogP contribution in [0, 0.1) is 18.3 Å². The number of aliphatic imine (C=N–C) groups is 1. The minimum absolute atomic E-state index is 0.193. The first-order chi connectivity index (χ1) is 9.05. The molecular weight excluding hydrogens is 282 g/mol. The summed E-state index contributed by atoms with van der Waals surface area (Å²) in [4.78, 5) is 4.39. The van der Waals surface area contributed by atoms with Gasteiger partial charge in [-0.15, -0.1) is 0 Å². The Kier molecular flexibility index (Phi) is 4.12. The van der Waals surface area contributed by atoms with E-state index in [0.717, 1.165) is 17.3 Å². The van der Waals surface area contributed by atoms with Crippen molar-refractivity contribution in [1.29, 1.82) is 5.26 Å². The smallest absolute Gasteiger partial charge is 0.260 e. The third-order valence-corrected chi connectivity index (χ3v) is 5.44. The van der Waals surface area contributed by atoms with E-state index in [9.17, 15) is 8.42 Å². The Morgan fingerprint density at radius 3 is 2.74 bits per heavy atom. The molecule has 19 heavy (non-hydrogen) atoms. The number of nitrogens with zero attached hydrogens (tertiary/aromatic N) is 3. The van der Waals surface area contributed by atoms with Crippen LogP contribution in [0.2, 0.25) is 0 Å². The van der Waals surface area contributed by atoms with E-state index >= 15 is 0 Å². The third kappa shape index (κ3) is 2.91. The zero-order chi connectivity index (χ0) is 13.9. The molecule has 1 aliphatic rings. The summed E-state index contributed by atoms with van der Waals surface area (Å²) in [6, 6.07) is 8.69. The molecule has 0 saturated carbocycles. The number of hydrogen-bond donors (Lipinski definition) is 0. The minimum atomic E-state index is -3.56. The molecule has 0 N–H and O–H groups in total. The van der Waals surface area contributed by atoms with Gasteiger partial charge in [0.2, 0.25) is 0 Å². The lowest BCUT2D eigenvalue weighted by atomic mass is 10.2. The first kappa shape index (κ1) is 13.9. The fraction of sp³-hybridized carbons (Fsp3) is 0.333. The van der Waals surface area contributed by atoms with Gasteiger partial charge in [0.15, 0.2) is 5.17 Å². The highest BCUT2D eigenvalue weighted by molar-refractivity contribution is 8.15. The molecule has 0 fully saturated rings. The third-order valence-electron chi connectivity index (χ3n) is 2.64. The van der Waals surface area contributed by atoms with Crippen molar-refractivity contribution < 1.29 is 8.42 Å². The summed E-state index contributed by atoms with van der Waals surface area (Å²) in [5.74, 6) is 0.193. The number of benzene rings is 1. The van der Waals surface area contributed by atoms with Gasteiger partial charge in [-0.2, -0.15) is 5.26 Å². The summed E-state index contributed by atoms with van der Waals surface area (Å²) in [7, 11) is -3.56. The standard InChI is InChI=1S/C12H13N3O2S2/c1-10-2-4-11(5-3-10)19(16,17)15-8-7-14-12(15)18-9-6-13/h2-5H,7-9H2,1H3. The highest BCUT2D eigenvalue weighted by Gasteiger charge is 2.30. The maximum atomic E-state index is 12.5. The summed E-state index contributed by atoms with van der Waals surface area (Å²) in [5, 5.41) is 8.97. The zero-order valence-corrected chi connectivity index (χ0v) is 12.0. The number of amidine groups is 1. The van der Waals surface area contributed by atoms with Crippen molar-refractivity contribution in [3.8, 4) is 6.07 Å². The molecule has 1 aromatic carbocycles. The summed E-state index contributed by atoms with van der Waals surface area (Å²) in [5.41, 5.74) is 1.01. The number of hydrogen-bond acceptors (Lipinski definition) is 5. The second-order valence-corrected chi connectivity index (χ2v) is 6.81. The van der Waals surface area contributed by atoms with Gasteiger partial charge in [-0.3, -0.25) is 4.99 Å². The quantitative estimate of drug-likeness (QED) is 0.849. The van der Waals surface area contributed by atoms with Gasteiger partial charge in [-0.05, 0) is 19.1 Å². The van der Waals surface area contributed by atoms with Crippen LogP contribution in [0.25, 0.3) is 0 Å². The van der Waals surface area contributed by atoms with E-state index in [1.165, 1.54) is 4.31 Å². The van der Waals surface area contributed by atoms with Gasteiger partial charge < -0.3 is 0 Å². The molecule has 0 saturated heterocycles. The SMILES string of the molecule is Cc1ccc(S(=O)(=O)N2CCN=C2SCC#N)cc1. The molecule has 100 valence electrons. The summed E-state index contributed by atoms with van der Waals surface area (Å²) >= 11 is 1.15. The second kappa shape index (κ2) is 5.63. The van der Waals surface area contributed by atoms with Crippen molar-refractivity contribution in [2.24, 2.45) is 4.99 Å². The molecule has 0 atom stereocenters. The summed E-state index contributed by atoms with van der Waals surface area (Å²) in [6.07, 6.45) is 0. The Morgan fingerprint density at radius 1 is 1.42 bits per heavy atom. The fourth-order valence-electron chi connectivity index (χ4n) is 1.69. The van der Waals surface area contributed by atoms with Crippen LogP contribution in [0.15, 0.2) is 34.2 Å². The van der Waals surface area contributed by atoms with Crippen molar-refractivity contribution in [3.63, 3.8) is 0 Å². The lowest BCUT2D eigenvalue weighted by molar-refractivity contribution is 0.540. The monoisotopic (exact) mass is 295 g/mol. The van der Waals surface area contributed by atoms with Crippen molar-refractivity contribution in [3.05, 3.63) is 29.8 Å². The van der Waals surface area contributed by atoms with Gasteiger partial charge in [-0.1, -0.05) is 29.5 Å². The summed E-state index contributed by atoms with van der Waals surface area (Å²) < 4.78 is 26.2. The van der Waals surface area contributed by atoms with Crippen molar-refractivity contribution in [1.82, 2.24) is 4.31 Å². The highest BCUT2D eigenvalue weighted by atomic mass is 32.2. The molecular formula is C12H13N3O2S2. The molecule has 0 aliphatic carbocycles. The highest BCUT2D eigenvalue weighted by Crippen LogP contribution is 2.23. The van der Waals surface area contributed by atoms with Crippen LogP contribution >= 0.6 is 11.8 Å². The molecule has 2 rings (SSSR count). The molecule has 1 aromatic rings. The average molecular weight is 295 g/mol. The molecule has 0 bridgehead atoms. The summed E-state index contributed by atoms with van der Waals surface area (Å²) in [6.45, 7) is 2.69. The van der Waals surface area contributed by atoms with Crippen LogP contribution < -0.4 is 0 Å². The molecule has 5 nitrogen and oxygen atoms in total. The maximum absolute atomic E-state index is 12.5. The molecule has 0 aromatic heterocycles. The predicted molar refractivity (Wildman–Crippen MR) is 75.4 cm³/mol. The molecule has 1 heterocycles. The molecule has 7 heteroatoms. The molecule has 0 spiro atoms. The topological polar surface area (TPSA) is 73.5 Å². The number of thioether (sulfide) groups is 1. The minimum Gasteiger partial charge on any atom is -0.260 e. The number of rotatable bonds is 3. The number of sulfonamides is 1. The van der Waals surface area contributed by atoms with Gasteiger partial charge in [0, 0.05) is 0 Å². The molecule has 0 amide bonds. The maximum Gasteiger partial charge on any atom is 0.265 e. The van der Waals surface area contributed by atoms with E-state index in [2.05, 4.69) is 4.99 Å². The van der Waals surface area contributed by atoms with E-state index in [1.54, 1.807) is 24.3 Å². The van der Waals surface area contributed by atoms with Crippen molar-refractivity contribution >= 4 is 27.0 Å². The van der Waals surface area contributed by atoms with E-state index < -0.39 is 10.0 Å². The van der Waals surface area contributed by atoms with Crippen LogP contribution in [-0.4, -0.2) is 36.7 Å². The van der Waals surface area contributed by atoms with E-state index in [-0.39, 0.29) is 10.6 Å². The lowest BCUT2D eigenvalue weighted by Gasteiger charge is -2.19. The molecule has 1 aliphatic heterocycles. The Hall–Kier alpha value is -1.52. The van der Waals surface area contributed by atoms with E-state index in [1.807, 2.05) is 13.0 Å². The van der Waals surface area contributed by atoms with Crippen molar-refractivity contribution in [2.45, 2.75) is 11.8 Å². The Bertz CT molecular complexity index is 630. The molecule has 0 radical (unpaired) electrons. The van der Waals surface area contributed by atoms with Crippen LogP contribution in [-0.2, 0) is 10.0 Å². The zero-order valence-electron chi connectivity index (χ0n) is 10.4. The first-order valence-corrected chi connectivity index (χ1v) is 8.12. The van der Waals surface area contributed by atoms with Crippen LogP contribution in [0.5, 0.6) is 0 Å². The number of aryl methyl sites for hydroxylation is 1. The van der Waals surface area contributed by atoms with Crippen LogP contribution in [0.4, 0.5) is 0 Å². The Morgan fingerprint density at radius 2 is 2.11 bits per heavy atom. The second-order valence-electron chi connectivity index (χ2n) is 4.00. The first-order valence-electron chi connectivity index (χ1n) is 5.69. The fourth-order valence-corrected chi connectivity index (χ4v) is 4.07. The van der Waals surface area contributed by atoms with Gasteiger partial charge in [0.1, 0.15) is 0 Å². The Labute approximate surface area is 117 Å². The van der Waals surface area contributed by atoms with Gasteiger partial charge in [0.25, 0.3) is 10.0 Å². The van der Waals surface area contributed by atoms with Gasteiger partial charge in [0.05, 0.1) is 29.8 Å². The van der Waals surface area contributed by atoms with Crippen LogP contribution in [0.1, 0.15) is 5.56 Å². The average Bonchev–Trinajstić information content (AvgIpc) is 2.86. The largest absolute Gasteiger partial charge is 0.265 e. The number of nitriles is 1. The normalized spacial score (nSPS) is 15.2. The Balaban J connectivity index is 2.27. The van der Waals surface area contributed by atoms with Gasteiger partial charge in [-0.25, -0.2) is 12.7 Å². The molecule has 0 unspecified atom stereocenters. The van der Waals surface area contributed by atoms with Crippen LogP contribution in [0.3, 0.4) is 0 Å². The predicted octanol–water partition coefficient (Wildman–Crippen LogP) is 1.61. The van der Waals surface area contributed by atoms with Gasteiger partial charge >= 0.3 is 0 Å². The van der Waals surface area contributed by atoms with E-state index in [0.29, 0.717) is 18.3 Å². The van der Waals surface area contributed by atoms with E-state index in [4.69, 9.17) is 5.26 Å².